The summed E-state index contributed by atoms with van der Waals surface area (Å²) < 4.78 is 26.1. The molecule has 0 radical (unpaired) electrons. The SMILES string of the molecule is CN(c1ccc(O)cc1)S(=O)(=O)c1ccc(C#N)cc1N. The smallest absolute Gasteiger partial charge is 0.266 e. The van der Waals surface area contributed by atoms with Crippen molar-refractivity contribution in [3.05, 3.63) is 48.0 Å². The number of nitrogens with two attached hydrogens (primary N) is 1. The van der Waals surface area contributed by atoms with Crippen molar-refractivity contribution in [1.82, 2.24) is 0 Å². The van der Waals surface area contributed by atoms with E-state index in [4.69, 9.17) is 11.0 Å². The van der Waals surface area contributed by atoms with Gasteiger partial charge in [-0.2, -0.15) is 5.26 Å². The molecule has 0 aliphatic rings. The number of nitriles is 1. The lowest BCUT2D eigenvalue weighted by Crippen LogP contribution is -2.27. The average molecular weight is 303 g/mol. The zero-order chi connectivity index (χ0) is 15.6. The number of hydrogen-bond donors (Lipinski definition) is 2. The molecule has 0 amide bonds. The average Bonchev–Trinajstić information content (AvgIpc) is 2.46. The molecule has 0 fully saturated rings. The van der Waals surface area contributed by atoms with Crippen LogP contribution in [0.3, 0.4) is 0 Å². The van der Waals surface area contributed by atoms with Gasteiger partial charge >= 0.3 is 0 Å². The summed E-state index contributed by atoms with van der Waals surface area (Å²) in [5.74, 6) is 0.0439. The summed E-state index contributed by atoms with van der Waals surface area (Å²) in [7, 11) is -2.45. The van der Waals surface area contributed by atoms with Gasteiger partial charge in [0.1, 0.15) is 10.6 Å². The maximum atomic E-state index is 12.5. The van der Waals surface area contributed by atoms with Gasteiger partial charge in [-0.25, -0.2) is 8.42 Å². The van der Waals surface area contributed by atoms with Gasteiger partial charge in [0, 0.05) is 7.05 Å². The number of nitrogens with zero attached hydrogens (tertiary/aromatic N) is 2. The van der Waals surface area contributed by atoms with Crippen LogP contribution < -0.4 is 10.0 Å². The molecule has 6 nitrogen and oxygen atoms in total. The molecule has 0 aromatic heterocycles. The second-order valence-corrected chi connectivity index (χ2v) is 6.29. The van der Waals surface area contributed by atoms with Crippen molar-refractivity contribution in [3.63, 3.8) is 0 Å². The first-order valence-electron chi connectivity index (χ1n) is 5.94. The fourth-order valence-corrected chi connectivity index (χ4v) is 3.09. The van der Waals surface area contributed by atoms with Gasteiger partial charge in [-0.3, -0.25) is 4.31 Å². The normalized spacial score (nSPS) is 10.9. The Bertz CT molecular complexity index is 808. The standard InChI is InChI=1S/C14H13N3O3S/c1-17(11-3-5-12(18)6-4-11)21(19,20)14-7-2-10(9-15)8-13(14)16/h2-8,18H,16H2,1H3. The molecule has 2 rings (SSSR count). The van der Waals surface area contributed by atoms with Crippen LogP contribution in [0.2, 0.25) is 0 Å². The van der Waals surface area contributed by atoms with Gasteiger partial charge < -0.3 is 10.8 Å². The van der Waals surface area contributed by atoms with E-state index >= 15 is 0 Å². The van der Waals surface area contributed by atoms with Crippen LogP contribution in [0, 0.1) is 11.3 Å². The highest BCUT2D eigenvalue weighted by atomic mass is 32.2. The molecule has 2 aromatic rings. The molecule has 0 spiro atoms. The summed E-state index contributed by atoms with van der Waals surface area (Å²) >= 11 is 0. The Balaban J connectivity index is 2.47. The Morgan fingerprint density at radius 2 is 1.81 bits per heavy atom. The second-order valence-electron chi connectivity index (χ2n) is 4.35. The summed E-state index contributed by atoms with van der Waals surface area (Å²) in [6, 6.07) is 11.7. The molecule has 108 valence electrons. The molecule has 0 heterocycles. The Morgan fingerprint density at radius 3 is 2.33 bits per heavy atom. The third-order valence-corrected chi connectivity index (χ3v) is 4.85. The highest BCUT2D eigenvalue weighted by molar-refractivity contribution is 7.93. The highest BCUT2D eigenvalue weighted by Gasteiger charge is 2.23. The lowest BCUT2D eigenvalue weighted by Gasteiger charge is -2.20. The number of hydrogen-bond acceptors (Lipinski definition) is 5. The van der Waals surface area contributed by atoms with Gasteiger partial charge in [-0.15, -0.1) is 0 Å². The van der Waals surface area contributed by atoms with Crippen molar-refractivity contribution in [3.8, 4) is 11.8 Å². The minimum Gasteiger partial charge on any atom is -0.508 e. The van der Waals surface area contributed by atoms with E-state index in [-0.39, 0.29) is 16.3 Å². The highest BCUT2D eigenvalue weighted by Crippen LogP contribution is 2.27. The zero-order valence-electron chi connectivity index (χ0n) is 11.2. The van der Waals surface area contributed by atoms with Crippen LogP contribution in [0.5, 0.6) is 5.75 Å². The first-order chi connectivity index (χ1) is 9.86. The lowest BCUT2D eigenvalue weighted by atomic mass is 10.2. The van der Waals surface area contributed by atoms with Crippen molar-refractivity contribution in [2.24, 2.45) is 0 Å². The van der Waals surface area contributed by atoms with Gasteiger partial charge in [0.05, 0.1) is 23.0 Å². The monoisotopic (exact) mass is 303 g/mol. The van der Waals surface area contributed by atoms with Gasteiger partial charge in [0.2, 0.25) is 0 Å². The number of phenolic OH excluding ortho intramolecular Hbond substituents is 1. The molecular weight excluding hydrogens is 290 g/mol. The molecule has 0 bridgehead atoms. The van der Waals surface area contributed by atoms with Crippen molar-refractivity contribution >= 4 is 21.4 Å². The number of anilines is 2. The molecule has 3 N–H and O–H groups in total. The largest absolute Gasteiger partial charge is 0.508 e. The molecule has 0 aliphatic carbocycles. The van der Waals surface area contributed by atoms with Gasteiger partial charge in [0.25, 0.3) is 10.0 Å². The number of nitrogen functional groups attached to an aromatic ring is 1. The van der Waals surface area contributed by atoms with E-state index in [1.165, 1.54) is 49.5 Å². The molecule has 0 atom stereocenters. The van der Waals surface area contributed by atoms with Crippen molar-refractivity contribution < 1.29 is 13.5 Å². The Kier molecular flexibility index (Phi) is 3.74. The van der Waals surface area contributed by atoms with Crippen LogP contribution >= 0.6 is 0 Å². The molecule has 2 aromatic carbocycles. The zero-order valence-corrected chi connectivity index (χ0v) is 12.0. The van der Waals surface area contributed by atoms with Crippen LogP contribution in [0.4, 0.5) is 11.4 Å². The predicted octanol–water partition coefficient (Wildman–Crippen LogP) is 1.67. The van der Waals surface area contributed by atoms with Crippen molar-refractivity contribution in [2.75, 3.05) is 17.1 Å². The molecular formula is C14H13N3O3S. The molecule has 0 aliphatic heterocycles. The third-order valence-electron chi connectivity index (χ3n) is 2.99. The Hall–Kier alpha value is -2.72. The minimum atomic E-state index is -3.84. The van der Waals surface area contributed by atoms with Crippen LogP contribution in [0.25, 0.3) is 0 Å². The molecule has 0 saturated carbocycles. The fourth-order valence-electron chi connectivity index (χ4n) is 1.80. The summed E-state index contributed by atoms with van der Waals surface area (Å²) in [6.07, 6.45) is 0. The van der Waals surface area contributed by atoms with Gasteiger partial charge in [-0.05, 0) is 42.5 Å². The maximum absolute atomic E-state index is 12.5. The minimum absolute atomic E-state index is 0.0136. The lowest BCUT2D eigenvalue weighted by molar-refractivity contribution is 0.475. The van der Waals surface area contributed by atoms with Crippen LogP contribution in [0.15, 0.2) is 47.4 Å². The van der Waals surface area contributed by atoms with Crippen LogP contribution in [-0.2, 0) is 10.0 Å². The van der Waals surface area contributed by atoms with Gasteiger partial charge in [-0.1, -0.05) is 0 Å². The fraction of sp³-hybridized carbons (Fsp3) is 0.0714. The number of rotatable bonds is 3. The summed E-state index contributed by atoms with van der Waals surface area (Å²) in [5, 5.41) is 18.0. The van der Waals surface area contributed by atoms with Crippen molar-refractivity contribution in [2.45, 2.75) is 4.90 Å². The Labute approximate surface area is 122 Å². The first-order valence-corrected chi connectivity index (χ1v) is 7.38. The Morgan fingerprint density at radius 1 is 1.19 bits per heavy atom. The summed E-state index contributed by atoms with van der Waals surface area (Å²) in [4.78, 5) is -0.0722. The van der Waals surface area contributed by atoms with E-state index in [1.54, 1.807) is 0 Å². The first kappa shape index (κ1) is 14.7. The molecule has 0 saturated heterocycles. The predicted molar refractivity (Wildman–Crippen MR) is 79.3 cm³/mol. The van der Waals surface area contributed by atoms with Crippen LogP contribution in [0.1, 0.15) is 5.56 Å². The number of benzene rings is 2. The van der Waals surface area contributed by atoms with E-state index in [0.29, 0.717) is 11.3 Å². The quantitative estimate of drug-likeness (QED) is 0.839. The number of phenols is 1. The van der Waals surface area contributed by atoms with E-state index in [1.807, 2.05) is 6.07 Å². The van der Waals surface area contributed by atoms with E-state index < -0.39 is 10.0 Å². The van der Waals surface area contributed by atoms with Crippen LogP contribution in [-0.4, -0.2) is 20.6 Å². The van der Waals surface area contributed by atoms with E-state index in [9.17, 15) is 13.5 Å². The van der Waals surface area contributed by atoms with Crippen molar-refractivity contribution in [1.29, 1.82) is 5.26 Å². The third kappa shape index (κ3) is 2.75. The van der Waals surface area contributed by atoms with E-state index in [0.717, 1.165) is 4.31 Å². The number of sulfonamides is 1. The number of aromatic hydroxyl groups is 1. The molecule has 0 unspecified atom stereocenters. The molecule has 21 heavy (non-hydrogen) atoms. The summed E-state index contributed by atoms with van der Waals surface area (Å²) in [6.45, 7) is 0. The summed E-state index contributed by atoms with van der Waals surface area (Å²) in [5.41, 5.74) is 6.42. The van der Waals surface area contributed by atoms with E-state index in [2.05, 4.69) is 0 Å². The second kappa shape index (κ2) is 5.34. The topological polar surface area (TPSA) is 107 Å². The van der Waals surface area contributed by atoms with Gasteiger partial charge in [0.15, 0.2) is 0 Å². The maximum Gasteiger partial charge on any atom is 0.266 e. The molecule has 7 heteroatoms.